The second-order valence-electron chi connectivity index (χ2n) is 1.82. The molecular formula is C7H8S3. The van der Waals surface area contributed by atoms with Crippen LogP contribution in [0, 0.1) is 0 Å². The van der Waals surface area contributed by atoms with Gasteiger partial charge < -0.3 is 0 Å². The van der Waals surface area contributed by atoms with E-state index in [0.717, 1.165) is 5.75 Å². The first-order valence-electron chi connectivity index (χ1n) is 2.90. The van der Waals surface area contributed by atoms with Crippen LogP contribution in [0.2, 0.25) is 0 Å². The zero-order valence-corrected chi connectivity index (χ0v) is 7.88. The van der Waals surface area contributed by atoms with Crippen LogP contribution in [0.4, 0.5) is 0 Å². The number of hydrogen-bond acceptors (Lipinski definition) is 3. The summed E-state index contributed by atoms with van der Waals surface area (Å²) in [5.74, 6) is 1.04. The second kappa shape index (κ2) is 4.99. The van der Waals surface area contributed by atoms with E-state index in [-0.39, 0.29) is 0 Å². The van der Waals surface area contributed by atoms with Gasteiger partial charge in [-0.25, -0.2) is 0 Å². The zero-order chi connectivity index (χ0) is 7.23. The second-order valence-corrected chi connectivity index (χ2v) is 4.99. The minimum atomic E-state index is 1.04. The molecule has 1 aromatic rings. The van der Waals surface area contributed by atoms with E-state index >= 15 is 0 Å². The average molecular weight is 188 g/mol. The maximum absolute atomic E-state index is 4.03. The Morgan fingerprint density at radius 2 is 1.90 bits per heavy atom. The van der Waals surface area contributed by atoms with Crippen LogP contribution in [-0.2, 0) is 5.75 Å². The highest BCUT2D eigenvalue weighted by Gasteiger charge is 1.88. The van der Waals surface area contributed by atoms with Gasteiger partial charge in [-0.1, -0.05) is 52.8 Å². The van der Waals surface area contributed by atoms with Gasteiger partial charge in [-0.2, -0.15) is 0 Å². The molecule has 0 heterocycles. The van der Waals surface area contributed by atoms with Crippen LogP contribution >= 0.6 is 32.3 Å². The molecule has 0 aliphatic rings. The molecule has 0 saturated carbocycles. The normalized spacial score (nSPS) is 9.70. The Kier molecular flexibility index (Phi) is 4.18. The van der Waals surface area contributed by atoms with E-state index in [4.69, 9.17) is 0 Å². The minimum Gasteiger partial charge on any atom is -0.0997 e. The number of rotatable bonds is 3. The van der Waals surface area contributed by atoms with Gasteiger partial charge in [0.05, 0.1) is 0 Å². The molecule has 10 heavy (non-hydrogen) atoms. The summed E-state index contributed by atoms with van der Waals surface area (Å²) < 4.78 is 0. The predicted octanol–water partition coefficient (Wildman–Crippen LogP) is 3.41. The van der Waals surface area contributed by atoms with Crippen molar-refractivity contribution in [2.75, 3.05) is 0 Å². The Labute approximate surface area is 74.0 Å². The molecule has 0 fully saturated rings. The maximum Gasteiger partial charge on any atom is 0.0296 e. The van der Waals surface area contributed by atoms with Crippen molar-refractivity contribution in [3.05, 3.63) is 35.9 Å². The van der Waals surface area contributed by atoms with Gasteiger partial charge in [0.15, 0.2) is 0 Å². The summed E-state index contributed by atoms with van der Waals surface area (Å²) >= 11 is 4.03. The molecule has 0 atom stereocenters. The SMILES string of the molecule is SSSCc1ccccc1. The molecule has 0 spiro atoms. The fourth-order valence-corrected chi connectivity index (χ4v) is 2.09. The van der Waals surface area contributed by atoms with E-state index in [1.54, 1.807) is 10.8 Å². The summed E-state index contributed by atoms with van der Waals surface area (Å²) in [4.78, 5) is 0. The van der Waals surface area contributed by atoms with Crippen molar-refractivity contribution in [1.82, 2.24) is 0 Å². The Bertz CT molecular complexity index is 173. The van der Waals surface area contributed by atoms with Gasteiger partial charge >= 0.3 is 0 Å². The Morgan fingerprint density at radius 1 is 1.20 bits per heavy atom. The van der Waals surface area contributed by atoms with Crippen LogP contribution in [0.15, 0.2) is 30.3 Å². The van der Waals surface area contributed by atoms with Gasteiger partial charge in [0.2, 0.25) is 0 Å². The van der Waals surface area contributed by atoms with Crippen molar-refractivity contribution in [3.63, 3.8) is 0 Å². The molecule has 0 aromatic heterocycles. The van der Waals surface area contributed by atoms with Crippen molar-refractivity contribution in [1.29, 1.82) is 0 Å². The fraction of sp³-hybridized carbons (Fsp3) is 0.143. The van der Waals surface area contributed by atoms with Crippen molar-refractivity contribution >= 4 is 32.3 Å². The quantitative estimate of drug-likeness (QED) is 0.570. The number of hydrogen-bond donors (Lipinski definition) is 1. The van der Waals surface area contributed by atoms with E-state index in [9.17, 15) is 0 Å². The van der Waals surface area contributed by atoms with E-state index in [0.29, 0.717) is 0 Å². The number of benzene rings is 1. The van der Waals surface area contributed by atoms with Gasteiger partial charge in [0, 0.05) is 5.75 Å². The molecule has 0 radical (unpaired) electrons. The molecule has 0 saturated heterocycles. The van der Waals surface area contributed by atoms with Crippen molar-refractivity contribution in [2.45, 2.75) is 5.75 Å². The molecule has 0 bridgehead atoms. The zero-order valence-electron chi connectivity index (χ0n) is 5.36. The predicted molar refractivity (Wildman–Crippen MR) is 54.3 cm³/mol. The third-order valence-corrected chi connectivity index (χ3v) is 3.30. The molecule has 0 unspecified atom stereocenters. The summed E-state index contributed by atoms with van der Waals surface area (Å²) in [6.45, 7) is 0. The summed E-state index contributed by atoms with van der Waals surface area (Å²) in [6, 6.07) is 10.4. The van der Waals surface area contributed by atoms with Crippen molar-refractivity contribution < 1.29 is 0 Å². The topological polar surface area (TPSA) is 0 Å². The first-order valence-corrected chi connectivity index (χ1v) is 6.27. The fourth-order valence-electron chi connectivity index (χ4n) is 0.669. The number of thiol groups is 1. The lowest BCUT2D eigenvalue weighted by atomic mass is 10.2. The van der Waals surface area contributed by atoms with Gasteiger partial charge in [-0.05, 0) is 15.4 Å². The third-order valence-electron chi connectivity index (χ3n) is 1.12. The standard InChI is InChI=1S/C7H8S3/c8-10-9-6-7-4-2-1-3-5-7/h1-5,8H,6H2. The molecule has 0 aliphatic carbocycles. The van der Waals surface area contributed by atoms with Crippen LogP contribution in [0.3, 0.4) is 0 Å². The van der Waals surface area contributed by atoms with Crippen LogP contribution in [0.25, 0.3) is 0 Å². The summed E-state index contributed by atoms with van der Waals surface area (Å²) in [5, 5.41) is 0. The lowest BCUT2D eigenvalue weighted by molar-refractivity contribution is 1.43. The molecule has 3 heteroatoms. The van der Waals surface area contributed by atoms with E-state index in [1.807, 2.05) is 6.07 Å². The molecule has 0 nitrogen and oxygen atoms in total. The van der Waals surface area contributed by atoms with E-state index < -0.39 is 0 Å². The first kappa shape index (κ1) is 8.37. The molecule has 1 rings (SSSR count). The van der Waals surface area contributed by atoms with Crippen molar-refractivity contribution in [2.24, 2.45) is 0 Å². The maximum atomic E-state index is 4.03. The smallest absolute Gasteiger partial charge is 0.0296 e. The van der Waals surface area contributed by atoms with Crippen LogP contribution in [0.5, 0.6) is 0 Å². The molecule has 0 N–H and O–H groups in total. The van der Waals surface area contributed by atoms with E-state index in [1.165, 1.54) is 15.4 Å². The third kappa shape index (κ3) is 2.90. The Hall–Kier alpha value is 0.270. The lowest BCUT2D eigenvalue weighted by Crippen LogP contribution is -1.73. The Balaban J connectivity index is 2.43. The largest absolute Gasteiger partial charge is 0.0997 e. The average Bonchev–Trinajstić information content (AvgIpc) is 2.03. The summed E-state index contributed by atoms with van der Waals surface area (Å²) in [6.07, 6.45) is 0. The minimum absolute atomic E-state index is 1.04. The van der Waals surface area contributed by atoms with Crippen LogP contribution in [0.1, 0.15) is 5.56 Å². The van der Waals surface area contributed by atoms with Crippen molar-refractivity contribution in [3.8, 4) is 0 Å². The molecular weight excluding hydrogens is 180 g/mol. The van der Waals surface area contributed by atoms with Gasteiger partial charge in [0.25, 0.3) is 0 Å². The Morgan fingerprint density at radius 3 is 2.50 bits per heavy atom. The van der Waals surface area contributed by atoms with Gasteiger partial charge in [-0.15, -0.1) is 0 Å². The van der Waals surface area contributed by atoms with Crippen LogP contribution < -0.4 is 0 Å². The van der Waals surface area contributed by atoms with Crippen LogP contribution in [-0.4, -0.2) is 0 Å². The highest BCUT2D eigenvalue weighted by atomic mass is 33.5. The molecule has 1 aromatic carbocycles. The van der Waals surface area contributed by atoms with Gasteiger partial charge in [0.1, 0.15) is 0 Å². The molecule has 0 aliphatic heterocycles. The summed E-state index contributed by atoms with van der Waals surface area (Å²) in [5.41, 5.74) is 1.36. The highest BCUT2D eigenvalue weighted by Crippen LogP contribution is 2.28. The first-order chi connectivity index (χ1) is 4.93. The van der Waals surface area contributed by atoms with Gasteiger partial charge in [-0.3, -0.25) is 0 Å². The summed E-state index contributed by atoms with van der Waals surface area (Å²) in [7, 11) is 3.25. The molecule has 54 valence electrons. The van der Waals surface area contributed by atoms with E-state index in [2.05, 4.69) is 35.9 Å². The monoisotopic (exact) mass is 188 g/mol. The lowest BCUT2D eigenvalue weighted by Gasteiger charge is -1.95. The highest BCUT2D eigenvalue weighted by molar-refractivity contribution is 9.05. The molecule has 0 amide bonds.